The van der Waals surface area contributed by atoms with E-state index in [4.69, 9.17) is 24.4 Å². The number of hydrogen-bond acceptors (Lipinski definition) is 7. The predicted octanol–water partition coefficient (Wildman–Crippen LogP) is 0.385. The summed E-state index contributed by atoms with van der Waals surface area (Å²) in [6.45, 7) is 9.18. The first-order chi connectivity index (χ1) is 14.1. The lowest BCUT2D eigenvalue weighted by Crippen LogP contribution is -2.50. The van der Waals surface area contributed by atoms with Gasteiger partial charge in [-0.15, -0.1) is 0 Å². The molecule has 0 saturated heterocycles. The number of nitrogens with zero attached hydrogens (tertiary/aromatic N) is 1. The van der Waals surface area contributed by atoms with E-state index in [0.717, 1.165) is 0 Å². The van der Waals surface area contributed by atoms with Gasteiger partial charge >= 0.3 is 18.0 Å². The lowest BCUT2D eigenvalue weighted by atomic mass is 10.1. The summed E-state index contributed by atoms with van der Waals surface area (Å²) in [5.74, 6) is -1.76. The van der Waals surface area contributed by atoms with Gasteiger partial charge in [0.25, 0.3) is 0 Å². The molecule has 0 aromatic heterocycles. The number of carbonyl (C=O) groups excluding carboxylic acids is 1. The molecule has 0 heterocycles. The predicted molar refractivity (Wildman–Crippen MR) is 110 cm³/mol. The summed E-state index contributed by atoms with van der Waals surface area (Å²) in [4.78, 5) is 34.9. The van der Waals surface area contributed by atoms with Gasteiger partial charge in [-0.1, -0.05) is 0 Å². The topological polar surface area (TPSA) is 147 Å². The van der Waals surface area contributed by atoms with Crippen LogP contribution in [0.15, 0.2) is 0 Å². The molecule has 0 atom stereocenters. The quantitative estimate of drug-likeness (QED) is 0.224. The highest BCUT2D eigenvalue weighted by molar-refractivity contribution is 5.74. The third-order valence-corrected chi connectivity index (χ3v) is 3.55. The van der Waals surface area contributed by atoms with Crippen LogP contribution < -0.4 is 10.6 Å². The first kappa shape index (κ1) is 28.1. The van der Waals surface area contributed by atoms with Crippen molar-refractivity contribution in [1.29, 1.82) is 0 Å². The average molecular weight is 436 g/mol. The van der Waals surface area contributed by atoms with E-state index in [1.54, 1.807) is 4.90 Å². The van der Waals surface area contributed by atoms with Crippen LogP contribution in [-0.2, 0) is 23.8 Å². The zero-order chi connectivity index (χ0) is 22.8. The number of carboxylic acid groups (broad SMARTS) is 2. The highest BCUT2D eigenvalue weighted by Gasteiger charge is 2.19. The third-order valence-electron chi connectivity index (χ3n) is 3.55. The van der Waals surface area contributed by atoms with E-state index in [1.807, 2.05) is 20.8 Å². The lowest BCUT2D eigenvalue weighted by molar-refractivity contribution is -0.138. The zero-order valence-electron chi connectivity index (χ0n) is 18.3. The van der Waals surface area contributed by atoms with Crippen molar-refractivity contribution in [2.45, 2.75) is 39.2 Å². The SMILES string of the molecule is CC(C)(C)NC(=O)N(CCOCCNCCC(=O)O)CCOCCOCCC(=O)O. The van der Waals surface area contributed by atoms with Crippen molar-refractivity contribution in [1.82, 2.24) is 15.5 Å². The van der Waals surface area contributed by atoms with Gasteiger partial charge in [-0.25, -0.2) is 4.79 Å². The molecule has 0 radical (unpaired) electrons. The fourth-order valence-electron chi connectivity index (χ4n) is 2.11. The van der Waals surface area contributed by atoms with Crippen LogP contribution in [-0.4, -0.2) is 104 Å². The molecule has 11 nitrogen and oxygen atoms in total. The van der Waals surface area contributed by atoms with E-state index in [9.17, 15) is 14.4 Å². The fraction of sp³-hybridized carbons (Fsp3) is 0.842. The highest BCUT2D eigenvalue weighted by Crippen LogP contribution is 2.01. The van der Waals surface area contributed by atoms with Gasteiger partial charge in [0, 0.05) is 31.7 Å². The molecule has 0 saturated carbocycles. The molecule has 176 valence electrons. The second kappa shape index (κ2) is 16.8. The normalized spacial score (nSPS) is 11.3. The van der Waals surface area contributed by atoms with Crippen LogP contribution in [0.5, 0.6) is 0 Å². The molecule has 2 amide bonds. The van der Waals surface area contributed by atoms with Crippen LogP contribution in [0.1, 0.15) is 33.6 Å². The minimum atomic E-state index is -0.908. The molecule has 0 aliphatic rings. The lowest BCUT2D eigenvalue weighted by Gasteiger charge is -2.28. The number of urea groups is 1. The molecule has 0 aliphatic heterocycles. The highest BCUT2D eigenvalue weighted by atomic mass is 16.5. The molecule has 0 fully saturated rings. The Balaban J connectivity index is 4.07. The number of aliphatic carboxylic acids is 2. The molecule has 11 heteroatoms. The van der Waals surface area contributed by atoms with Crippen LogP contribution in [0.25, 0.3) is 0 Å². The van der Waals surface area contributed by atoms with E-state index >= 15 is 0 Å². The van der Waals surface area contributed by atoms with Gasteiger partial charge in [0.05, 0.1) is 52.5 Å². The van der Waals surface area contributed by atoms with Gasteiger partial charge < -0.3 is 40.0 Å². The van der Waals surface area contributed by atoms with Gasteiger partial charge in [0.15, 0.2) is 0 Å². The summed E-state index contributed by atoms with van der Waals surface area (Å²) in [6, 6.07) is -0.216. The van der Waals surface area contributed by atoms with Crippen molar-refractivity contribution < 1.29 is 38.8 Å². The minimum Gasteiger partial charge on any atom is -0.481 e. The monoisotopic (exact) mass is 435 g/mol. The van der Waals surface area contributed by atoms with Crippen LogP contribution in [0, 0.1) is 0 Å². The number of rotatable bonds is 18. The number of carboxylic acids is 2. The maximum atomic E-state index is 12.5. The smallest absolute Gasteiger partial charge is 0.317 e. The molecule has 30 heavy (non-hydrogen) atoms. The Hall–Kier alpha value is -1.95. The minimum absolute atomic E-state index is 0.0458. The van der Waals surface area contributed by atoms with Gasteiger partial charge in [0.2, 0.25) is 0 Å². The molecular weight excluding hydrogens is 398 g/mol. The Kier molecular flexibility index (Phi) is 15.7. The number of hydrogen-bond donors (Lipinski definition) is 4. The van der Waals surface area contributed by atoms with Crippen molar-refractivity contribution in [3.63, 3.8) is 0 Å². The van der Waals surface area contributed by atoms with Crippen molar-refractivity contribution in [2.75, 3.05) is 65.8 Å². The molecule has 0 bridgehead atoms. The Morgan fingerprint density at radius 2 is 1.30 bits per heavy atom. The van der Waals surface area contributed by atoms with Crippen LogP contribution in [0.3, 0.4) is 0 Å². The summed E-state index contributed by atoms with van der Waals surface area (Å²) >= 11 is 0. The Bertz CT molecular complexity index is 467. The number of nitrogens with one attached hydrogen (secondary N) is 2. The van der Waals surface area contributed by atoms with Crippen molar-refractivity contribution in [3.05, 3.63) is 0 Å². The first-order valence-corrected chi connectivity index (χ1v) is 10.1. The van der Waals surface area contributed by atoms with E-state index in [2.05, 4.69) is 10.6 Å². The van der Waals surface area contributed by atoms with E-state index < -0.39 is 11.9 Å². The van der Waals surface area contributed by atoms with Crippen LogP contribution in [0.4, 0.5) is 4.79 Å². The third kappa shape index (κ3) is 19.4. The van der Waals surface area contributed by atoms with E-state index in [1.165, 1.54) is 0 Å². The molecule has 0 spiro atoms. The Morgan fingerprint density at radius 3 is 1.83 bits per heavy atom. The second-order valence-electron chi connectivity index (χ2n) is 7.54. The molecule has 0 aliphatic carbocycles. The first-order valence-electron chi connectivity index (χ1n) is 10.1. The van der Waals surface area contributed by atoms with E-state index in [0.29, 0.717) is 59.2 Å². The fourth-order valence-corrected chi connectivity index (χ4v) is 2.11. The maximum Gasteiger partial charge on any atom is 0.317 e. The molecule has 0 rings (SSSR count). The van der Waals surface area contributed by atoms with Gasteiger partial charge in [-0.05, 0) is 20.8 Å². The van der Waals surface area contributed by atoms with Crippen molar-refractivity contribution >= 4 is 18.0 Å². The molecule has 4 N–H and O–H groups in total. The summed E-state index contributed by atoms with van der Waals surface area (Å²) in [5, 5.41) is 22.9. The van der Waals surface area contributed by atoms with Gasteiger partial charge in [0.1, 0.15) is 0 Å². The standard InChI is InChI=1S/C19H37N3O8/c1-19(2,3)21-18(27)22(8-12-29-11-7-20-6-4-16(23)24)9-13-30-15-14-28-10-5-17(25)26/h20H,4-15H2,1-3H3,(H,21,27)(H,23,24)(H,25,26). The zero-order valence-corrected chi connectivity index (χ0v) is 18.3. The maximum absolute atomic E-state index is 12.5. The van der Waals surface area contributed by atoms with Crippen LogP contribution in [0.2, 0.25) is 0 Å². The molecular formula is C19H37N3O8. The number of carbonyl (C=O) groups is 3. The summed E-state index contributed by atoms with van der Waals surface area (Å²) in [6.07, 6.45) is 0.0151. The molecule has 0 aromatic carbocycles. The van der Waals surface area contributed by atoms with Crippen molar-refractivity contribution in [3.8, 4) is 0 Å². The Morgan fingerprint density at radius 1 is 0.767 bits per heavy atom. The molecule has 0 unspecified atom stereocenters. The summed E-state index contributed by atoms with van der Waals surface area (Å²) in [7, 11) is 0. The van der Waals surface area contributed by atoms with Gasteiger partial charge in [-0.2, -0.15) is 0 Å². The average Bonchev–Trinajstić information content (AvgIpc) is 2.62. The molecule has 0 aromatic rings. The summed E-state index contributed by atoms with van der Waals surface area (Å²) in [5.41, 5.74) is -0.372. The number of ether oxygens (including phenoxy) is 3. The summed E-state index contributed by atoms with van der Waals surface area (Å²) < 4.78 is 16.1. The number of amides is 2. The second-order valence-corrected chi connectivity index (χ2v) is 7.54. The van der Waals surface area contributed by atoms with E-state index in [-0.39, 0.29) is 31.0 Å². The van der Waals surface area contributed by atoms with Gasteiger partial charge in [-0.3, -0.25) is 9.59 Å². The largest absolute Gasteiger partial charge is 0.481 e. The van der Waals surface area contributed by atoms with Crippen molar-refractivity contribution in [2.24, 2.45) is 0 Å². The Labute approximate surface area is 178 Å². The van der Waals surface area contributed by atoms with Crippen LogP contribution >= 0.6 is 0 Å².